The molecule has 0 aromatic carbocycles. The molecule has 0 atom stereocenters. The molecule has 0 N–H and O–H groups in total. The SMILES string of the molecule is CCCCCCCC=C(C)[N+](=O)[O-]. The number of unbranched alkanes of at least 4 members (excludes halogenated alkanes) is 5. The Morgan fingerprint density at radius 3 is 2.46 bits per heavy atom. The van der Waals surface area contributed by atoms with Gasteiger partial charge >= 0.3 is 0 Å². The van der Waals surface area contributed by atoms with Gasteiger partial charge in [0.2, 0.25) is 5.70 Å². The van der Waals surface area contributed by atoms with Crippen LogP contribution in [0, 0.1) is 10.1 Å². The monoisotopic (exact) mass is 185 g/mol. The summed E-state index contributed by atoms with van der Waals surface area (Å²) in [6, 6.07) is 0. The lowest BCUT2D eigenvalue weighted by molar-refractivity contribution is -0.424. The molecule has 3 heteroatoms. The molecule has 0 saturated carbocycles. The summed E-state index contributed by atoms with van der Waals surface area (Å²) in [4.78, 5) is 9.88. The van der Waals surface area contributed by atoms with Crippen molar-refractivity contribution < 1.29 is 4.92 Å². The molecule has 0 amide bonds. The van der Waals surface area contributed by atoms with Crippen LogP contribution in [-0.2, 0) is 0 Å². The zero-order valence-electron chi connectivity index (χ0n) is 8.58. The number of nitrogens with zero attached hydrogens (tertiary/aromatic N) is 1. The lowest BCUT2D eigenvalue weighted by Crippen LogP contribution is -1.92. The van der Waals surface area contributed by atoms with E-state index in [0.29, 0.717) is 0 Å². The summed E-state index contributed by atoms with van der Waals surface area (Å²) in [7, 11) is 0. The summed E-state index contributed by atoms with van der Waals surface area (Å²) in [5.41, 5.74) is 0.274. The van der Waals surface area contributed by atoms with Crippen LogP contribution in [0.2, 0.25) is 0 Å². The molecule has 0 fully saturated rings. The van der Waals surface area contributed by atoms with Gasteiger partial charge in [0.15, 0.2) is 0 Å². The second-order valence-electron chi connectivity index (χ2n) is 3.31. The zero-order valence-corrected chi connectivity index (χ0v) is 8.58. The first-order valence-corrected chi connectivity index (χ1v) is 4.99. The first-order chi connectivity index (χ1) is 6.18. The van der Waals surface area contributed by atoms with Crippen LogP contribution < -0.4 is 0 Å². The molecule has 76 valence electrons. The molecular weight excluding hydrogens is 166 g/mol. The third kappa shape index (κ3) is 7.50. The highest BCUT2D eigenvalue weighted by atomic mass is 16.6. The Kier molecular flexibility index (Phi) is 7.26. The Labute approximate surface area is 80.0 Å². The van der Waals surface area contributed by atoms with Crippen LogP contribution >= 0.6 is 0 Å². The van der Waals surface area contributed by atoms with Crippen LogP contribution in [0.25, 0.3) is 0 Å². The van der Waals surface area contributed by atoms with Gasteiger partial charge in [0.25, 0.3) is 0 Å². The Morgan fingerprint density at radius 2 is 1.92 bits per heavy atom. The molecule has 13 heavy (non-hydrogen) atoms. The van der Waals surface area contributed by atoms with Crippen LogP contribution in [-0.4, -0.2) is 4.92 Å². The van der Waals surface area contributed by atoms with E-state index in [1.165, 1.54) is 25.7 Å². The standard InChI is InChI=1S/C10H19NO2/c1-3-4-5-6-7-8-9-10(2)11(12)13/h9H,3-8H2,1-2H3. The molecule has 0 heterocycles. The normalized spacial score (nSPS) is 11.7. The Balaban J connectivity index is 3.34. The Bertz CT molecular complexity index is 176. The quantitative estimate of drug-likeness (QED) is 0.346. The van der Waals surface area contributed by atoms with E-state index in [2.05, 4.69) is 6.92 Å². The first kappa shape index (κ1) is 12.1. The number of rotatable bonds is 7. The van der Waals surface area contributed by atoms with Crippen molar-refractivity contribution in [3.8, 4) is 0 Å². The fraction of sp³-hybridized carbons (Fsp3) is 0.800. The molecule has 0 unspecified atom stereocenters. The molecule has 0 aliphatic rings. The molecule has 0 aliphatic heterocycles. The van der Waals surface area contributed by atoms with Crippen LogP contribution in [0.1, 0.15) is 52.4 Å². The van der Waals surface area contributed by atoms with E-state index in [-0.39, 0.29) is 10.6 Å². The van der Waals surface area contributed by atoms with Gasteiger partial charge in [-0.25, -0.2) is 0 Å². The highest BCUT2D eigenvalue weighted by molar-refractivity contribution is 4.86. The minimum Gasteiger partial charge on any atom is -0.259 e. The smallest absolute Gasteiger partial charge is 0.239 e. The van der Waals surface area contributed by atoms with Gasteiger partial charge in [-0.3, -0.25) is 10.1 Å². The van der Waals surface area contributed by atoms with Crippen LogP contribution in [0.3, 0.4) is 0 Å². The largest absolute Gasteiger partial charge is 0.259 e. The van der Waals surface area contributed by atoms with E-state index in [4.69, 9.17) is 0 Å². The fourth-order valence-electron chi connectivity index (χ4n) is 1.13. The van der Waals surface area contributed by atoms with E-state index in [0.717, 1.165) is 12.8 Å². The summed E-state index contributed by atoms with van der Waals surface area (Å²) in [6.45, 7) is 3.73. The number of hydrogen-bond donors (Lipinski definition) is 0. The summed E-state index contributed by atoms with van der Waals surface area (Å²) < 4.78 is 0. The van der Waals surface area contributed by atoms with Crippen molar-refractivity contribution in [2.75, 3.05) is 0 Å². The minimum absolute atomic E-state index is 0.274. The summed E-state index contributed by atoms with van der Waals surface area (Å²) >= 11 is 0. The number of allylic oxidation sites excluding steroid dienone is 2. The van der Waals surface area contributed by atoms with Gasteiger partial charge in [-0.15, -0.1) is 0 Å². The minimum atomic E-state index is -0.327. The van der Waals surface area contributed by atoms with Gasteiger partial charge in [0, 0.05) is 6.92 Å². The summed E-state index contributed by atoms with van der Waals surface area (Å²) in [5.74, 6) is 0. The molecule has 0 aliphatic carbocycles. The predicted octanol–water partition coefficient (Wildman–Crippen LogP) is 3.53. The van der Waals surface area contributed by atoms with Crippen molar-refractivity contribution in [3.63, 3.8) is 0 Å². The van der Waals surface area contributed by atoms with Gasteiger partial charge in [-0.05, 0) is 18.9 Å². The number of nitro groups is 1. The highest BCUT2D eigenvalue weighted by Crippen LogP contribution is 2.06. The van der Waals surface area contributed by atoms with E-state index in [1.54, 1.807) is 13.0 Å². The van der Waals surface area contributed by atoms with Crippen LogP contribution in [0.15, 0.2) is 11.8 Å². The average molecular weight is 185 g/mol. The third-order valence-corrected chi connectivity index (χ3v) is 2.04. The average Bonchev–Trinajstić information content (AvgIpc) is 2.10. The maximum absolute atomic E-state index is 10.2. The molecule has 0 aromatic rings. The topological polar surface area (TPSA) is 43.1 Å². The van der Waals surface area contributed by atoms with Gasteiger partial charge < -0.3 is 0 Å². The molecule has 0 rings (SSSR count). The van der Waals surface area contributed by atoms with E-state index >= 15 is 0 Å². The molecule has 0 aromatic heterocycles. The zero-order chi connectivity index (χ0) is 10.1. The Morgan fingerprint density at radius 1 is 1.31 bits per heavy atom. The van der Waals surface area contributed by atoms with Gasteiger partial charge in [-0.1, -0.05) is 32.6 Å². The highest BCUT2D eigenvalue weighted by Gasteiger charge is 1.99. The van der Waals surface area contributed by atoms with Crippen molar-refractivity contribution in [2.24, 2.45) is 0 Å². The molecule has 0 radical (unpaired) electrons. The van der Waals surface area contributed by atoms with Crippen molar-refractivity contribution in [3.05, 3.63) is 21.9 Å². The fourth-order valence-corrected chi connectivity index (χ4v) is 1.13. The predicted molar refractivity (Wildman–Crippen MR) is 54.1 cm³/mol. The summed E-state index contributed by atoms with van der Waals surface area (Å²) in [5, 5.41) is 10.2. The maximum Gasteiger partial charge on any atom is 0.239 e. The van der Waals surface area contributed by atoms with Crippen molar-refractivity contribution in [2.45, 2.75) is 52.4 Å². The molecule has 0 bridgehead atoms. The first-order valence-electron chi connectivity index (χ1n) is 4.99. The second-order valence-corrected chi connectivity index (χ2v) is 3.31. The van der Waals surface area contributed by atoms with Crippen molar-refractivity contribution in [1.29, 1.82) is 0 Å². The lowest BCUT2D eigenvalue weighted by atomic mass is 10.1. The summed E-state index contributed by atoms with van der Waals surface area (Å²) in [6.07, 6.45) is 8.59. The number of hydrogen-bond acceptors (Lipinski definition) is 2. The molecular formula is C10H19NO2. The third-order valence-electron chi connectivity index (χ3n) is 2.04. The molecule has 0 spiro atoms. The lowest BCUT2D eigenvalue weighted by Gasteiger charge is -1.95. The van der Waals surface area contributed by atoms with E-state index in [9.17, 15) is 10.1 Å². The van der Waals surface area contributed by atoms with E-state index in [1.807, 2.05) is 0 Å². The van der Waals surface area contributed by atoms with Crippen molar-refractivity contribution >= 4 is 0 Å². The Hall–Kier alpha value is -0.860. The molecule has 0 saturated heterocycles. The van der Waals surface area contributed by atoms with E-state index < -0.39 is 0 Å². The second kappa shape index (κ2) is 7.77. The van der Waals surface area contributed by atoms with Crippen molar-refractivity contribution in [1.82, 2.24) is 0 Å². The van der Waals surface area contributed by atoms with Gasteiger partial charge in [0.1, 0.15) is 0 Å². The van der Waals surface area contributed by atoms with Crippen LogP contribution in [0.4, 0.5) is 0 Å². The maximum atomic E-state index is 10.2. The van der Waals surface area contributed by atoms with Gasteiger partial charge in [0.05, 0.1) is 4.92 Å². The molecule has 3 nitrogen and oxygen atoms in total. The van der Waals surface area contributed by atoms with Crippen LogP contribution in [0.5, 0.6) is 0 Å². The van der Waals surface area contributed by atoms with Gasteiger partial charge in [-0.2, -0.15) is 0 Å².